The molecule has 0 aliphatic carbocycles. The number of fused-ring (bicyclic) bond motifs is 1. The molecule has 0 spiro atoms. The highest BCUT2D eigenvalue weighted by atomic mass is 35.5. The Morgan fingerprint density at radius 2 is 1.73 bits per heavy atom. The van der Waals surface area contributed by atoms with Crippen LogP contribution in [0.25, 0.3) is 32.6 Å². The molecule has 2 aliphatic heterocycles. The largest absolute Gasteiger partial charge is 0.481 e. The molecule has 2 aromatic carbocycles. The van der Waals surface area contributed by atoms with Crippen molar-refractivity contribution >= 4 is 72.0 Å². The second-order valence-electron chi connectivity index (χ2n) is 13.2. The van der Waals surface area contributed by atoms with Gasteiger partial charge in [-0.1, -0.05) is 59.6 Å². The number of likely N-dealkylation sites (tertiary alicyclic amines) is 1. The lowest BCUT2D eigenvalue weighted by Crippen LogP contribution is -2.38. The third-order valence-corrected chi connectivity index (χ3v) is 13.1. The first-order valence-electron chi connectivity index (χ1n) is 17.1. The average Bonchev–Trinajstić information content (AvgIpc) is 3.75. The van der Waals surface area contributed by atoms with Crippen molar-refractivity contribution in [3.05, 3.63) is 81.4 Å². The van der Waals surface area contributed by atoms with Gasteiger partial charge in [0.25, 0.3) is 0 Å². The number of anilines is 2. The van der Waals surface area contributed by atoms with Gasteiger partial charge in [-0.3, -0.25) is 9.69 Å². The average molecular weight is 781 g/mol. The van der Waals surface area contributed by atoms with Gasteiger partial charge in [0.1, 0.15) is 20.4 Å². The van der Waals surface area contributed by atoms with Gasteiger partial charge < -0.3 is 20.7 Å². The molecule has 5 aromatic rings. The van der Waals surface area contributed by atoms with Crippen LogP contribution in [-0.4, -0.2) is 78.5 Å². The first-order valence-corrected chi connectivity index (χ1v) is 20.6. The van der Waals surface area contributed by atoms with Crippen LogP contribution in [0.4, 0.5) is 11.5 Å². The zero-order chi connectivity index (χ0) is 36.4. The van der Waals surface area contributed by atoms with Gasteiger partial charge in [0.05, 0.1) is 45.0 Å². The molecule has 0 saturated carbocycles. The molecule has 1 atom stereocenters. The van der Waals surface area contributed by atoms with Gasteiger partial charge in [0, 0.05) is 60.3 Å². The lowest BCUT2D eigenvalue weighted by atomic mass is 10.00. The predicted molar refractivity (Wildman–Crippen MR) is 208 cm³/mol. The summed E-state index contributed by atoms with van der Waals surface area (Å²) in [7, 11) is -1.43. The molecule has 2 fully saturated rings. The van der Waals surface area contributed by atoms with Gasteiger partial charge in [-0.25, -0.2) is 23.4 Å². The highest BCUT2D eigenvalue weighted by Gasteiger charge is 2.27. The molecule has 2 saturated heterocycles. The van der Waals surface area contributed by atoms with Crippen LogP contribution in [0, 0.1) is 0 Å². The monoisotopic (exact) mass is 779 g/mol. The summed E-state index contributed by atoms with van der Waals surface area (Å²) in [6.45, 7) is 3.31. The van der Waals surface area contributed by atoms with Crippen molar-refractivity contribution in [3.63, 3.8) is 0 Å². The Bertz CT molecular complexity index is 2230. The molecular weight excluding hydrogens is 741 g/mol. The smallest absolute Gasteiger partial charge is 0.220 e. The number of rotatable bonds is 12. The number of pyridine rings is 2. The van der Waals surface area contributed by atoms with E-state index in [-0.39, 0.29) is 17.2 Å². The number of hydrogen-bond donors (Lipinski definition) is 3. The number of nitrogens with zero attached hydrogens (tertiary/aromatic N) is 4. The summed E-state index contributed by atoms with van der Waals surface area (Å²) in [5.41, 5.74) is 5.20. The molecule has 2 aliphatic rings. The topological polar surface area (TPSA) is 138 Å². The van der Waals surface area contributed by atoms with Crippen molar-refractivity contribution in [1.82, 2.24) is 30.5 Å². The molecule has 0 radical (unpaired) electrons. The Morgan fingerprint density at radius 1 is 0.981 bits per heavy atom. The van der Waals surface area contributed by atoms with E-state index in [1.807, 2.05) is 54.6 Å². The quantitative estimate of drug-likeness (QED) is 0.123. The molecule has 272 valence electrons. The van der Waals surface area contributed by atoms with Crippen LogP contribution in [0.2, 0.25) is 10.0 Å². The number of methoxy groups -OCH3 is 1. The van der Waals surface area contributed by atoms with E-state index in [2.05, 4.69) is 25.8 Å². The first kappa shape index (κ1) is 36.5. The van der Waals surface area contributed by atoms with Gasteiger partial charge in [-0.2, -0.15) is 0 Å². The normalized spacial score (nSPS) is 17.1. The molecule has 11 nitrogen and oxygen atoms in total. The van der Waals surface area contributed by atoms with Gasteiger partial charge in [-0.15, -0.1) is 11.3 Å². The number of thiazole rings is 1. The number of aromatic nitrogens is 3. The zero-order valence-corrected chi connectivity index (χ0v) is 31.9. The summed E-state index contributed by atoms with van der Waals surface area (Å²) in [4.78, 5) is 28.1. The summed E-state index contributed by atoms with van der Waals surface area (Å²) in [6, 6.07) is 17.5. The molecule has 7 rings (SSSR count). The SMILES string of the molecule is COc1nc(-c2cccc(-c3cccc(Nc4nccc5sc(CN6CCC(S(C)(=O)=O)CC6)nc45)c3Cl)c2Cl)ccc1CNC[C@H]1CCC(=O)N1. The Labute approximate surface area is 317 Å². The number of halogens is 2. The highest BCUT2D eigenvalue weighted by molar-refractivity contribution is 7.91. The van der Waals surface area contributed by atoms with Crippen LogP contribution >= 0.6 is 34.5 Å². The number of amides is 1. The molecule has 5 heterocycles. The molecule has 0 unspecified atom stereocenters. The van der Waals surface area contributed by atoms with E-state index >= 15 is 0 Å². The lowest BCUT2D eigenvalue weighted by molar-refractivity contribution is -0.119. The van der Waals surface area contributed by atoms with Crippen molar-refractivity contribution in [1.29, 1.82) is 0 Å². The van der Waals surface area contributed by atoms with Crippen molar-refractivity contribution in [2.45, 2.75) is 50.1 Å². The predicted octanol–water partition coefficient (Wildman–Crippen LogP) is 6.86. The molecule has 3 aromatic heterocycles. The minimum absolute atomic E-state index is 0.0947. The molecule has 0 bridgehead atoms. The fourth-order valence-corrected chi connectivity index (χ4v) is 9.46. The fourth-order valence-electron chi connectivity index (χ4n) is 6.79. The third kappa shape index (κ3) is 8.04. The minimum atomic E-state index is -3.02. The summed E-state index contributed by atoms with van der Waals surface area (Å²) in [5.74, 6) is 1.18. The van der Waals surface area contributed by atoms with E-state index in [0.717, 1.165) is 57.0 Å². The van der Waals surface area contributed by atoms with Crippen LogP contribution in [-0.2, 0) is 27.7 Å². The second-order valence-corrected chi connectivity index (χ2v) is 17.4. The van der Waals surface area contributed by atoms with Crippen molar-refractivity contribution < 1.29 is 17.9 Å². The maximum Gasteiger partial charge on any atom is 0.220 e. The fraction of sp³-hybridized carbons (Fsp3) is 0.351. The van der Waals surface area contributed by atoms with Gasteiger partial charge in [0.2, 0.25) is 11.8 Å². The Hall–Kier alpha value is -3.85. The second kappa shape index (κ2) is 15.6. The van der Waals surface area contributed by atoms with E-state index in [1.165, 1.54) is 6.26 Å². The number of carbonyl (C=O) groups excluding carboxylic acids is 1. The molecule has 15 heteroatoms. The van der Waals surface area contributed by atoms with E-state index in [0.29, 0.717) is 72.0 Å². The Kier molecular flexibility index (Phi) is 11.0. The number of carbonyl (C=O) groups is 1. The zero-order valence-electron chi connectivity index (χ0n) is 28.8. The van der Waals surface area contributed by atoms with Crippen molar-refractivity contribution in [2.75, 3.05) is 38.3 Å². The molecule has 3 N–H and O–H groups in total. The van der Waals surface area contributed by atoms with Crippen molar-refractivity contribution in [2.24, 2.45) is 0 Å². The molecule has 52 heavy (non-hydrogen) atoms. The summed E-state index contributed by atoms with van der Waals surface area (Å²) in [6.07, 6.45) is 5.75. The van der Waals surface area contributed by atoms with Gasteiger partial charge in [-0.05, 0) is 50.6 Å². The number of ether oxygens (including phenoxy) is 1. The maximum atomic E-state index is 12.0. The number of nitrogens with one attached hydrogen (secondary N) is 3. The van der Waals surface area contributed by atoms with E-state index in [1.54, 1.807) is 24.6 Å². The first-order chi connectivity index (χ1) is 25.1. The Balaban J connectivity index is 1.08. The number of piperidine rings is 1. The highest BCUT2D eigenvalue weighted by Crippen LogP contribution is 2.42. The molecule has 1 amide bonds. The summed E-state index contributed by atoms with van der Waals surface area (Å²) in [5, 5.41) is 11.4. The Morgan fingerprint density at radius 3 is 2.46 bits per heavy atom. The van der Waals surface area contributed by atoms with Crippen LogP contribution in [0.5, 0.6) is 5.88 Å². The number of hydrogen-bond acceptors (Lipinski definition) is 11. The van der Waals surface area contributed by atoms with Crippen LogP contribution < -0.4 is 20.7 Å². The minimum Gasteiger partial charge on any atom is -0.481 e. The maximum absolute atomic E-state index is 12.0. The van der Waals surface area contributed by atoms with Crippen LogP contribution in [0.1, 0.15) is 36.3 Å². The lowest BCUT2D eigenvalue weighted by Gasteiger charge is -2.30. The van der Waals surface area contributed by atoms with Gasteiger partial charge >= 0.3 is 0 Å². The van der Waals surface area contributed by atoms with Gasteiger partial charge in [0.15, 0.2) is 5.82 Å². The number of benzene rings is 2. The van der Waals surface area contributed by atoms with Crippen LogP contribution in [0.15, 0.2) is 60.8 Å². The van der Waals surface area contributed by atoms with Crippen LogP contribution in [0.3, 0.4) is 0 Å². The summed E-state index contributed by atoms with van der Waals surface area (Å²) >= 11 is 15.8. The van der Waals surface area contributed by atoms with E-state index in [9.17, 15) is 13.2 Å². The summed E-state index contributed by atoms with van der Waals surface area (Å²) < 4.78 is 30.6. The third-order valence-electron chi connectivity index (χ3n) is 9.59. The standard InChI is InChI=1S/C37H39Cl2N7O4S2/c1-50-37-22(19-40-20-23-10-12-31(47)42-23)9-11-28(44-37)27-7-3-5-25(33(27)38)26-6-4-8-29(34(26)39)43-36-35-30(13-16-41-36)51-32(45-35)21-46-17-14-24(15-18-46)52(2,48)49/h3-9,11,13,16,23-24,40H,10,12,14-15,17-21H2,1-2H3,(H,41,43)(H,42,47)/t23-/m1/s1. The van der Waals surface area contributed by atoms with Crippen molar-refractivity contribution in [3.8, 4) is 28.3 Å². The van der Waals surface area contributed by atoms with E-state index < -0.39 is 9.84 Å². The molecular formula is C37H39Cl2N7O4S2. The number of sulfone groups is 1. The van der Waals surface area contributed by atoms with E-state index in [4.69, 9.17) is 37.9 Å².